The predicted octanol–water partition coefficient (Wildman–Crippen LogP) is 3.79. The molecule has 1 aliphatic heterocycles. The number of hydrogen-bond donors (Lipinski definition) is 0. The predicted molar refractivity (Wildman–Crippen MR) is 133 cm³/mol. The van der Waals surface area contributed by atoms with Crippen LogP contribution in [0.25, 0.3) is 33.2 Å². The Morgan fingerprint density at radius 2 is 1.79 bits per heavy atom. The van der Waals surface area contributed by atoms with Gasteiger partial charge in [-0.05, 0) is 41.3 Å². The SMILES string of the molecule is CC(C)CC(=O)N1CCN(c2ccc(-c3cc(-c4cnn(C)c4)cc4ncncc34)cn2)CC1. The number of pyridine rings is 1. The lowest BCUT2D eigenvalue weighted by molar-refractivity contribution is -0.132. The van der Waals surface area contributed by atoms with Crippen molar-refractivity contribution in [2.24, 2.45) is 13.0 Å². The summed E-state index contributed by atoms with van der Waals surface area (Å²) in [6.45, 7) is 7.24. The molecule has 34 heavy (non-hydrogen) atoms. The third kappa shape index (κ3) is 4.48. The van der Waals surface area contributed by atoms with Crippen molar-refractivity contribution in [3.8, 4) is 22.3 Å². The number of fused-ring (bicyclic) bond motifs is 1. The zero-order valence-electron chi connectivity index (χ0n) is 19.8. The van der Waals surface area contributed by atoms with Crippen LogP contribution in [-0.2, 0) is 11.8 Å². The maximum absolute atomic E-state index is 12.4. The second-order valence-corrected chi connectivity index (χ2v) is 9.25. The Kier molecular flexibility index (Phi) is 5.96. The lowest BCUT2D eigenvalue weighted by Crippen LogP contribution is -2.49. The van der Waals surface area contributed by atoms with E-state index in [1.807, 2.05) is 36.7 Å². The van der Waals surface area contributed by atoms with E-state index < -0.39 is 0 Å². The number of carbonyl (C=O) groups excluding carboxylic acids is 1. The van der Waals surface area contributed by atoms with E-state index in [2.05, 4.69) is 58.1 Å². The number of aromatic nitrogens is 5. The highest BCUT2D eigenvalue weighted by atomic mass is 16.2. The van der Waals surface area contributed by atoms with Crippen LogP contribution in [0.2, 0.25) is 0 Å². The van der Waals surface area contributed by atoms with Crippen molar-refractivity contribution in [3.05, 3.63) is 55.4 Å². The maximum Gasteiger partial charge on any atom is 0.222 e. The van der Waals surface area contributed by atoms with Gasteiger partial charge in [-0.2, -0.15) is 5.10 Å². The van der Waals surface area contributed by atoms with Gasteiger partial charge in [0, 0.05) is 74.8 Å². The van der Waals surface area contributed by atoms with Crippen LogP contribution < -0.4 is 4.90 Å². The van der Waals surface area contributed by atoms with E-state index in [4.69, 9.17) is 4.98 Å². The molecule has 1 aliphatic rings. The molecule has 0 radical (unpaired) electrons. The second-order valence-electron chi connectivity index (χ2n) is 9.25. The molecular formula is C26H29N7O. The summed E-state index contributed by atoms with van der Waals surface area (Å²) in [6.07, 6.45) is 9.82. The van der Waals surface area contributed by atoms with Crippen molar-refractivity contribution in [3.63, 3.8) is 0 Å². The van der Waals surface area contributed by atoms with Crippen LogP contribution >= 0.6 is 0 Å². The van der Waals surface area contributed by atoms with E-state index in [1.165, 1.54) is 0 Å². The van der Waals surface area contributed by atoms with Crippen LogP contribution in [0.3, 0.4) is 0 Å². The third-order valence-electron chi connectivity index (χ3n) is 6.26. The molecule has 3 aromatic heterocycles. The minimum Gasteiger partial charge on any atom is -0.353 e. The number of hydrogen-bond acceptors (Lipinski definition) is 6. The van der Waals surface area contributed by atoms with Gasteiger partial charge >= 0.3 is 0 Å². The van der Waals surface area contributed by atoms with Gasteiger partial charge in [-0.25, -0.2) is 15.0 Å². The highest BCUT2D eigenvalue weighted by molar-refractivity contribution is 5.97. The van der Waals surface area contributed by atoms with Crippen LogP contribution in [-0.4, -0.2) is 61.7 Å². The van der Waals surface area contributed by atoms with E-state index in [9.17, 15) is 4.79 Å². The van der Waals surface area contributed by atoms with Crippen LogP contribution in [0.15, 0.2) is 55.4 Å². The molecule has 5 rings (SSSR count). The minimum absolute atomic E-state index is 0.251. The van der Waals surface area contributed by atoms with Gasteiger partial charge < -0.3 is 9.80 Å². The van der Waals surface area contributed by atoms with E-state index in [0.717, 1.165) is 65.2 Å². The number of anilines is 1. The van der Waals surface area contributed by atoms with E-state index >= 15 is 0 Å². The van der Waals surface area contributed by atoms with E-state index in [1.54, 1.807) is 11.0 Å². The number of nitrogens with zero attached hydrogens (tertiary/aromatic N) is 7. The summed E-state index contributed by atoms with van der Waals surface area (Å²) in [5.41, 5.74) is 5.04. The molecule has 1 amide bonds. The van der Waals surface area contributed by atoms with Gasteiger partial charge in [0.25, 0.3) is 0 Å². The number of aryl methyl sites for hydroxylation is 1. The molecule has 174 valence electrons. The van der Waals surface area contributed by atoms with Gasteiger partial charge in [0.1, 0.15) is 12.1 Å². The van der Waals surface area contributed by atoms with E-state index in [-0.39, 0.29) is 5.91 Å². The molecule has 1 saturated heterocycles. The molecule has 4 heterocycles. The number of amides is 1. The molecule has 8 nitrogen and oxygen atoms in total. The third-order valence-corrected chi connectivity index (χ3v) is 6.26. The minimum atomic E-state index is 0.251. The number of carbonyl (C=O) groups is 1. The van der Waals surface area contributed by atoms with Crippen LogP contribution in [0.1, 0.15) is 20.3 Å². The summed E-state index contributed by atoms with van der Waals surface area (Å²) in [4.78, 5) is 30.1. The highest BCUT2D eigenvalue weighted by Crippen LogP contribution is 2.33. The first-order valence-electron chi connectivity index (χ1n) is 11.7. The van der Waals surface area contributed by atoms with Gasteiger partial charge in [0.15, 0.2) is 0 Å². The number of rotatable bonds is 5. The van der Waals surface area contributed by atoms with Gasteiger partial charge in [0.2, 0.25) is 5.91 Å². The first-order valence-corrected chi connectivity index (χ1v) is 11.7. The fraction of sp³-hybridized carbons (Fsp3) is 0.346. The fourth-order valence-corrected chi connectivity index (χ4v) is 4.46. The van der Waals surface area contributed by atoms with Crippen LogP contribution in [0, 0.1) is 5.92 Å². The quantitative estimate of drug-likeness (QED) is 0.456. The average molecular weight is 456 g/mol. The molecule has 0 saturated carbocycles. The van der Waals surface area contributed by atoms with Crippen molar-refractivity contribution < 1.29 is 4.79 Å². The van der Waals surface area contributed by atoms with Gasteiger partial charge in [0.05, 0.1) is 11.7 Å². The number of benzene rings is 1. The monoisotopic (exact) mass is 455 g/mol. The van der Waals surface area contributed by atoms with Crippen LogP contribution in [0.5, 0.6) is 0 Å². The summed E-state index contributed by atoms with van der Waals surface area (Å²) in [6, 6.07) is 8.39. The van der Waals surface area contributed by atoms with Crippen molar-refractivity contribution in [1.29, 1.82) is 0 Å². The smallest absolute Gasteiger partial charge is 0.222 e. The Balaban J connectivity index is 1.39. The summed E-state index contributed by atoms with van der Waals surface area (Å²) < 4.78 is 1.80. The Morgan fingerprint density at radius 1 is 0.971 bits per heavy atom. The topological polar surface area (TPSA) is 80.0 Å². The van der Waals surface area contributed by atoms with Gasteiger partial charge in [-0.3, -0.25) is 9.48 Å². The van der Waals surface area contributed by atoms with E-state index in [0.29, 0.717) is 12.3 Å². The number of piperazine rings is 1. The lowest BCUT2D eigenvalue weighted by Gasteiger charge is -2.35. The Hall–Kier alpha value is -3.81. The average Bonchev–Trinajstić information content (AvgIpc) is 3.29. The normalized spacial score (nSPS) is 14.2. The Morgan fingerprint density at radius 3 is 2.47 bits per heavy atom. The molecule has 4 aromatic rings. The summed E-state index contributed by atoms with van der Waals surface area (Å²) in [5, 5.41) is 5.30. The van der Waals surface area contributed by atoms with Crippen molar-refractivity contribution >= 4 is 22.6 Å². The molecule has 1 fully saturated rings. The lowest BCUT2D eigenvalue weighted by atomic mass is 9.97. The Labute approximate surface area is 199 Å². The second kappa shape index (κ2) is 9.21. The summed E-state index contributed by atoms with van der Waals surface area (Å²) in [5.74, 6) is 1.57. The van der Waals surface area contributed by atoms with Crippen LogP contribution in [0.4, 0.5) is 5.82 Å². The molecule has 8 heteroatoms. The highest BCUT2D eigenvalue weighted by Gasteiger charge is 2.22. The summed E-state index contributed by atoms with van der Waals surface area (Å²) >= 11 is 0. The molecule has 0 spiro atoms. The molecule has 0 atom stereocenters. The molecule has 0 bridgehead atoms. The standard InChI is InChI=1S/C26H29N7O/c1-18(2)10-26(34)33-8-6-32(7-9-33)25-5-4-19(13-28-25)22-11-20(21-14-30-31(3)16-21)12-24-23(22)15-27-17-29-24/h4-5,11-18H,6-10H2,1-3H3. The van der Waals surface area contributed by atoms with Crippen molar-refractivity contribution in [2.75, 3.05) is 31.1 Å². The van der Waals surface area contributed by atoms with Gasteiger partial charge in [-0.15, -0.1) is 0 Å². The largest absolute Gasteiger partial charge is 0.353 e. The molecule has 0 aliphatic carbocycles. The molecule has 0 N–H and O–H groups in total. The first kappa shape index (κ1) is 22.0. The van der Waals surface area contributed by atoms with Crippen molar-refractivity contribution in [1.82, 2.24) is 29.6 Å². The van der Waals surface area contributed by atoms with Gasteiger partial charge in [-0.1, -0.05) is 13.8 Å². The molecule has 0 unspecified atom stereocenters. The maximum atomic E-state index is 12.4. The molecular weight excluding hydrogens is 426 g/mol. The zero-order valence-corrected chi connectivity index (χ0v) is 19.8. The zero-order chi connectivity index (χ0) is 23.7. The van der Waals surface area contributed by atoms with Crippen molar-refractivity contribution in [2.45, 2.75) is 20.3 Å². The summed E-state index contributed by atoms with van der Waals surface area (Å²) in [7, 11) is 1.91. The Bertz CT molecular complexity index is 1300. The molecule has 1 aromatic carbocycles. The first-order chi connectivity index (χ1) is 16.5. The fourth-order valence-electron chi connectivity index (χ4n) is 4.46.